The van der Waals surface area contributed by atoms with Gasteiger partial charge in [-0.05, 0) is 54.7 Å². The first-order valence-electron chi connectivity index (χ1n) is 4.95. The molecule has 4 rings (SSSR count). The lowest BCUT2D eigenvalue weighted by atomic mass is 9.67. The molecule has 0 amide bonds. The molecular weight excluding hydrogens is 144 g/mol. The van der Waals surface area contributed by atoms with Crippen molar-refractivity contribution in [2.24, 2.45) is 0 Å². The molecule has 3 aliphatic rings. The van der Waals surface area contributed by atoms with Crippen LogP contribution in [0.3, 0.4) is 0 Å². The van der Waals surface area contributed by atoms with Gasteiger partial charge >= 0.3 is 0 Å². The van der Waals surface area contributed by atoms with Gasteiger partial charge in [0.1, 0.15) is 0 Å². The number of benzene rings is 1. The summed E-state index contributed by atoms with van der Waals surface area (Å²) in [6.07, 6.45) is 5.72. The molecule has 0 aliphatic heterocycles. The highest BCUT2D eigenvalue weighted by Gasteiger charge is 2.31. The zero-order valence-corrected chi connectivity index (χ0v) is 7.22. The van der Waals surface area contributed by atoms with Crippen LogP contribution in [0, 0.1) is 6.07 Å². The van der Waals surface area contributed by atoms with Gasteiger partial charge in [-0.15, -0.1) is 0 Å². The molecule has 0 spiro atoms. The molecule has 0 N–H and O–H groups in total. The predicted octanol–water partition coefficient (Wildman–Crippen LogP) is 3.24. The first-order chi connectivity index (χ1) is 5.95. The monoisotopic (exact) mass is 157 g/mol. The molecule has 0 saturated heterocycles. The average Bonchev–Trinajstić information content (AvgIpc) is 2.20. The normalized spacial score (nSPS) is 31.7. The fourth-order valence-electron chi connectivity index (χ4n) is 2.90. The summed E-state index contributed by atoms with van der Waals surface area (Å²) in [5, 5.41) is 0. The van der Waals surface area contributed by atoms with Gasteiger partial charge in [-0.3, -0.25) is 0 Å². The van der Waals surface area contributed by atoms with Gasteiger partial charge in [-0.2, -0.15) is 0 Å². The van der Waals surface area contributed by atoms with Crippen LogP contribution in [0.2, 0.25) is 0 Å². The standard InChI is InChI=1S/C12H13/c1-2-4-12-10-7-5-9(6-8-10)11(12)3-1/h1,3-4,9-10H,5-8H2. The Bertz CT molecular complexity index is 262. The molecule has 0 nitrogen and oxygen atoms in total. The average molecular weight is 157 g/mol. The van der Waals surface area contributed by atoms with Crippen molar-refractivity contribution in [1.29, 1.82) is 0 Å². The van der Waals surface area contributed by atoms with Crippen LogP contribution < -0.4 is 0 Å². The maximum absolute atomic E-state index is 3.21. The van der Waals surface area contributed by atoms with E-state index in [0.717, 1.165) is 11.8 Å². The van der Waals surface area contributed by atoms with Crippen molar-refractivity contribution in [3.05, 3.63) is 35.4 Å². The molecule has 0 heteroatoms. The summed E-state index contributed by atoms with van der Waals surface area (Å²) in [7, 11) is 0. The first kappa shape index (κ1) is 6.71. The highest BCUT2D eigenvalue weighted by Crippen LogP contribution is 2.48. The third kappa shape index (κ3) is 0.782. The van der Waals surface area contributed by atoms with Crippen LogP contribution in [-0.2, 0) is 0 Å². The molecule has 1 saturated carbocycles. The minimum Gasteiger partial charge on any atom is -0.0579 e. The summed E-state index contributed by atoms with van der Waals surface area (Å²) in [6, 6.07) is 9.77. The van der Waals surface area contributed by atoms with E-state index in [-0.39, 0.29) is 0 Å². The smallest absolute Gasteiger partial charge is 0.0158 e. The Kier molecular flexibility index (Phi) is 1.31. The molecule has 1 radical (unpaired) electrons. The van der Waals surface area contributed by atoms with Crippen molar-refractivity contribution in [3.63, 3.8) is 0 Å². The largest absolute Gasteiger partial charge is 0.0579 e. The minimum atomic E-state index is 0.877. The van der Waals surface area contributed by atoms with E-state index in [2.05, 4.69) is 24.3 Å². The van der Waals surface area contributed by atoms with Crippen molar-refractivity contribution in [1.82, 2.24) is 0 Å². The van der Waals surface area contributed by atoms with Crippen molar-refractivity contribution in [3.8, 4) is 0 Å². The molecule has 0 atom stereocenters. The van der Waals surface area contributed by atoms with Crippen LogP contribution in [0.4, 0.5) is 0 Å². The lowest BCUT2D eigenvalue weighted by molar-refractivity contribution is 0.358. The number of hydrogen-bond donors (Lipinski definition) is 0. The molecule has 61 valence electrons. The van der Waals surface area contributed by atoms with Crippen LogP contribution in [0.25, 0.3) is 0 Å². The maximum Gasteiger partial charge on any atom is -0.0158 e. The number of rotatable bonds is 0. The second kappa shape index (κ2) is 2.35. The Morgan fingerprint density at radius 1 is 1.00 bits per heavy atom. The third-order valence-electron chi connectivity index (χ3n) is 3.54. The Morgan fingerprint density at radius 2 is 1.67 bits per heavy atom. The van der Waals surface area contributed by atoms with E-state index in [1.54, 1.807) is 11.1 Å². The number of hydrogen-bond acceptors (Lipinski definition) is 0. The van der Waals surface area contributed by atoms with Crippen LogP contribution >= 0.6 is 0 Å². The molecule has 1 fully saturated rings. The van der Waals surface area contributed by atoms with Gasteiger partial charge in [0, 0.05) is 0 Å². The van der Waals surface area contributed by atoms with E-state index >= 15 is 0 Å². The third-order valence-corrected chi connectivity index (χ3v) is 3.54. The molecule has 0 aromatic heterocycles. The van der Waals surface area contributed by atoms with E-state index in [9.17, 15) is 0 Å². The topological polar surface area (TPSA) is 0 Å². The predicted molar refractivity (Wildman–Crippen MR) is 49.2 cm³/mol. The second-order valence-electron chi connectivity index (χ2n) is 4.10. The fraction of sp³-hybridized carbons (Fsp3) is 0.500. The highest BCUT2D eigenvalue weighted by atomic mass is 14.4. The van der Waals surface area contributed by atoms with Crippen LogP contribution in [0.1, 0.15) is 48.6 Å². The van der Waals surface area contributed by atoms with Crippen LogP contribution in [0.5, 0.6) is 0 Å². The lowest BCUT2D eigenvalue weighted by Crippen LogP contribution is -2.21. The molecule has 1 aromatic rings. The molecular formula is C12H13. The molecule has 0 heterocycles. The Balaban J connectivity index is 2.19. The van der Waals surface area contributed by atoms with E-state index < -0.39 is 0 Å². The van der Waals surface area contributed by atoms with Crippen molar-refractivity contribution >= 4 is 0 Å². The Hall–Kier alpha value is -0.780. The van der Waals surface area contributed by atoms with Gasteiger partial charge in [-0.1, -0.05) is 18.2 Å². The summed E-state index contributed by atoms with van der Waals surface area (Å²) >= 11 is 0. The molecule has 3 aliphatic carbocycles. The summed E-state index contributed by atoms with van der Waals surface area (Å²) in [6.45, 7) is 0. The molecule has 1 aromatic carbocycles. The summed E-state index contributed by atoms with van der Waals surface area (Å²) in [4.78, 5) is 0. The summed E-state index contributed by atoms with van der Waals surface area (Å²) in [5.41, 5.74) is 3.25. The minimum absolute atomic E-state index is 0.877. The molecule has 12 heavy (non-hydrogen) atoms. The maximum atomic E-state index is 3.21. The SMILES string of the molecule is [c]1ccc2c(c1)C1CCC2CC1. The van der Waals surface area contributed by atoms with E-state index in [4.69, 9.17) is 0 Å². The van der Waals surface area contributed by atoms with Gasteiger partial charge in [0.05, 0.1) is 0 Å². The molecule has 2 bridgehead atoms. The summed E-state index contributed by atoms with van der Waals surface area (Å²) in [5.74, 6) is 1.77. The Labute approximate surface area is 73.6 Å². The zero-order valence-electron chi connectivity index (χ0n) is 7.22. The van der Waals surface area contributed by atoms with Crippen molar-refractivity contribution in [2.75, 3.05) is 0 Å². The quantitative estimate of drug-likeness (QED) is 0.542. The fourth-order valence-corrected chi connectivity index (χ4v) is 2.90. The van der Waals surface area contributed by atoms with E-state index in [1.165, 1.54) is 25.7 Å². The van der Waals surface area contributed by atoms with Crippen LogP contribution in [-0.4, -0.2) is 0 Å². The van der Waals surface area contributed by atoms with Gasteiger partial charge < -0.3 is 0 Å². The van der Waals surface area contributed by atoms with E-state index in [0.29, 0.717) is 0 Å². The number of fused-ring (bicyclic) bond motifs is 2. The van der Waals surface area contributed by atoms with E-state index in [1.807, 2.05) is 0 Å². The lowest BCUT2D eigenvalue weighted by Gasteiger charge is -2.38. The summed E-state index contributed by atoms with van der Waals surface area (Å²) < 4.78 is 0. The van der Waals surface area contributed by atoms with Gasteiger partial charge in [0.25, 0.3) is 0 Å². The highest BCUT2D eigenvalue weighted by molar-refractivity contribution is 5.37. The van der Waals surface area contributed by atoms with Crippen molar-refractivity contribution < 1.29 is 0 Å². The zero-order chi connectivity index (χ0) is 7.97. The van der Waals surface area contributed by atoms with Crippen molar-refractivity contribution in [2.45, 2.75) is 37.5 Å². The van der Waals surface area contributed by atoms with Gasteiger partial charge in [0.15, 0.2) is 0 Å². The molecule has 0 unspecified atom stereocenters. The van der Waals surface area contributed by atoms with Gasteiger partial charge in [0.2, 0.25) is 0 Å². The Morgan fingerprint density at radius 3 is 2.33 bits per heavy atom. The first-order valence-corrected chi connectivity index (χ1v) is 4.95. The van der Waals surface area contributed by atoms with Crippen LogP contribution in [0.15, 0.2) is 18.2 Å². The van der Waals surface area contributed by atoms with Gasteiger partial charge in [-0.25, -0.2) is 0 Å². The second-order valence-corrected chi connectivity index (χ2v) is 4.10.